The molecule has 0 unspecified atom stereocenters. The SMILES string of the molecule is Cc1ccccc1CSCC(=O)N(C)Cc1cccs1. The van der Waals surface area contributed by atoms with Crippen LogP contribution in [0.3, 0.4) is 0 Å². The summed E-state index contributed by atoms with van der Waals surface area (Å²) in [4.78, 5) is 15.1. The summed E-state index contributed by atoms with van der Waals surface area (Å²) in [7, 11) is 1.87. The van der Waals surface area contributed by atoms with Crippen LogP contribution in [0.15, 0.2) is 41.8 Å². The van der Waals surface area contributed by atoms with E-state index in [1.54, 1.807) is 28.0 Å². The lowest BCUT2D eigenvalue weighted by molar-refractivity contribution is -0.127. The average Bonchev–Trinajstić information content (AvgIpc) is 2.93. The Balaban J connectivity index is 1.76. The van der Waals surface area contributed by atoms with E-state index < -0.39 is 0 Å². The maximum absolute atomic E-state index is 12.1. The summed E-state index contributed by atoms with van der Waals surface area (Å²) < 4.78 is 0. The minimum atomic E-state index is 0.192. The van der Waals surface area contributed by atoms with Crippen molar-refractivity contribution < 1.29 is 4.79 Å². The van der Waals surface area contributed by atoms with Crippen LogP contribution in [0.4, 0.5) is 0 Å². The number of nitrogens with zero attached hydrogens (tertiary/aromatic N) is 1. The summed E-state index contributed by atoms with van der Waals surface area (Å²) in [6.45, 7) is 2.82. The van der Waals surface area contributed by atoms with Crippen LogP contribution in [0, 0.1) is 6.92 Å². The number of hydrogen-bond acceptors (Lipinski definition) is 3. The van der Waals surface area contributed by atoms with E-state index in [1.165, 1.54) is 16.0 Å². The van der Waals surface area contributed by atoms with Gasteiger partial charge in [-0.05, 0) is 29.5 Å². The fourth-order valence-corrected chi connectivity index (χ4v) is 3.65. The first kappa shape index (κ1) is 15.1. The van der Waals surface area contributed by atoms with Gasteiger partial charge in [0.25, 0.3) is 0 Å². The van der Waals surface area contributed by atoms with Crippen molar-refractivity contribution in [2.75, 3.05) is 12.8 Å². The summed E-state index contributed by atoms with van der Waals surface area (Å²) in [6, 6.07) is 12.4. The number of hydrogen-bond donors (Lipinski definition) is 0. The third kappa shape index (κ3) is 4.39. The largest absolute Gasteiger partial charge is 0.340 e. The molecule has 4 heteroatoms. The highest BCUT2D eigenvalue weighted by atomic mass is 32.2. The molecule has 1 heterocycles. The van der Waals surface area contributed by atoms with Gasteiger partial charge in [-0.15, -0.1) is 23.1 Å². The van der Waals surface area contributed by atoms with Crippen molar-refractivity contribution in [2.45, 2.75) is 19.2 Å². The second kappa shape index (κ2) is 7.50. The van der Waals surface area contributed by atoms with Gasteiger partial charge in [0, 0.05) is 17.7 Å². The van der Waals surface area contributed by atoms with Crippen molar-refractivity contribution in [2.24, 2.45) is 0 Å². The van der Waals surface area contributed by atoms with E-state index >= 15 is 0 Å². The third-order valence-corrected chi connectivity index (χ3v) is 4.97. The van der Waals surface area contributed by atoms with E-state index in [-0.39, 0.29) is 5.91 Å². The summed E-state index contributed by atoms with van der Waals surface area (Å²) in [5.74, 6) is 1.62. The maximum Gasteiger partial charge on any atom is 0.232 e. The fraction of sp³-hybridized carbons (Fsp3) is 0.312. The smallest absolute Gasteiger partial charge is 0.232 e. The first-order valence-electron chi connectivity index (χ1n) is 6.55. The summed E-state index contributed by atoms with van der Waals surface area (Å²) in [5.41, 5.74) is 2.60. The second-order valence-corrected chi connectivity index (χ2v) is 6.77. The van der Waals surface area contributed by atoms with Gasteiger partial charge in [0.05, 0.1) is 12.3 Å². The van der Waals surface area contributed by atoms with Gasteiger partial charge in [0.15, 0.2) is 0 Å². The van der Waals surface area contributed by atoms with Gasteiger partial charge in [-0.3, -0.25) is 4.79 Å². The van der Waals surface area contributed by atoms with Crippen molar-refractivity contribution in [3.05, 3.63) is 57.8 Å². The lowest BCUT2D eigenvalue weighted by Gasteiger charge is -2.16. The molecule has 0 bridgehead atoms. The molecule has 0 radical (unpaired) electrons. The van der Waals surface area contributed by atoms with E-state index in [2.05, 4.69) is 25.1 Å². The van der Waals surface area contributed by atoms with Crippen LogP contribution in [-0.2, 0) is 17.1 Å². The molecule has 20 heavy (non-hydrogen) atoms. The van der Waals surface area contributed by atoms with Crippen molar-refractivity contribution in [1.82, 2.24) is 4.90 Å². The Kier molecular flexibility index (Phi) is 5.68. The zero-order valence-electron chi connectivity index (χ0n) is 11.8. The highest BCUT2D eigenvalue weighted by Gasteiger charge is 2.10. The summed E-state index contributed by atoms with van der Waals surface area (Å²) in [5, 5.41) is 2.04. The number of amides is 1. The van der Waals surface area contributed by atoms with Crippen LogP contribution in [0.25, 0.3) is 0 Å². The number of rotatable bonds is 6. The fourth-order valence-electron chi connectivity index (χ4n) is 1.86. The molecule has 0 saturated carbocycles. The standard InChI is InChI=1S/C16H19NOS2/c1-13-6-3-4-7-14(13)11-19-12-16(18)17(2)10-15-8-5-9-20-15/h3-9H,10-12H2,1-2H3. The van der Waals surface area contributed by atoms with Crippen LogP contribution in [0.2, 0.25) is 0 Å². The summed E-state index contributed by atoms with van der Waals surface area (Å²) in [6.07, 6.45) is 0. The van der Waals surface area contributed by atoms with Crippen LogP contribution in [0.1, 0.15) is 16.0 Å². The van der Waals surface area contributed by atoms with Gasteiger partial charge in [-0.2, -0.15) is 0 Å². The first-order valence-corrected chi connectivity index (χ1v) is 8.59. The van der Waals surface area contributed by atoms with Gasteiger partial charge in [0.1, 0.15) is 0 Å². The first-order chi connectivity index (χ1) is 9.66. The normalized spacial score (nSPS) is 10.5. The molecule has 0 atom stereocenters. The Morgan fingerprint density at radius 2 is 2.05 bits per heavy atom. The molecule has 2 aromatic rings. The predicted molar refractivity (Wildman–Crippen MR) is 88.1 cm³/mol. The Labute approximate surface area is 128 Å². The molecule has 1 amide bonds. The third-order valence-electron chi connectivity index (χ3n) is 3.14. The number of aryl methyl sites for hydroxylation is 1. The Morgan fingerprint density at radius 1 is 1.25 bits per heavy atom. The predicted octanol–water partition coefficient (Wildman–Crippen LogP) is 3.95. The van der Waals surface area contributed by atoms with Crippen molar-refractivity contribution in [1.29, 1.82) is 0 Å². The lowest BCUT2D eigenvalue weighted by atomic mass is 10.1. The molecule has 106 valence electrons. The monoisotopic (exact) mass is 305 g/mol. The lowest BCUT2D eigenvalue weighted by Crippen LogP contribution is -2.27. The van der Waals surface area contributed by atoms with E-state index in [4.69, 9.17) is 0 Å². The molecule has 0 aliphatic rings. The van der Waals surface area contributed by atoms with Gasteiger partial charge in [-0.1, -0.05) is 30.3 Å². The highest BCUT2D eigenvalue weighted by Crippen LogP contribution is 2.17. The Morgan fingerprint density at radius 3 is 2.75 bits per heavy atom. The van der Waals surface area contributed by atoms with Crippen molar-refractivity contribution in [3.8, 4) is 0 Å². The van der Waals surface area contributed by atoms with E-state index in [1.807, 2.05) is 30.6 Å². The van der Waals surface area contributed by atoms with Crippen LogP contribution in [0.5, 0.6) is 0 Å². The van der Waals surface area contributed by atoms with Crippen molar-refractivity contribution in [3.63, 3.8) is 0 Å². The number of benzene rings is 1. The molecule has 1 aromatic heterocycles. The number of carbonyl (C=O) groups is 1. The Bertz CT molecular complexity index is 551. The van der Waals surface area contributed by atoms with Gasteiger partial charge in [0.2, 0.25) is 5.91 Å². The Hall–Kier alpha value is -1.26. The maximum atomic E-state index is 12.1. The van der Waals surface area contributed by atoms with Crippen LogP contribution >= 0.6 is 23.1 Å². The molecule has 2 rings (SSSR count). The zero-order valence-corrected chi connectivity index (χ0v) is 13.5. The second-order valence-electron chi connectivity index (χ2n) is 4.75. The molecule has 0 aliphatic carbocycles. The number of carbonyl (C=O) groups excluding carboxylic acids is 1. The molecule has 0 spiro atoms. The zero-order chi connectivity index (χ0) is 14.4. The van der Waals surface area contributed by atoms with Crippen LogP contribution < -0.4 is 0 Å². The molecule has 0 N–H and O–H groups in total. The minimum absolute atomic E-state index is 0.192. The molecule has 0 aliphatic heterocycles. The topological polar surface area (TPSA) is 20.3 Å². The molecular formula is C16H19NOS2. The van der Waals surface area contributed by atoms with E-state index in [9.17, 15) is 4.79 Å². The number of thiophene rings is 1. The average molecular weight is 305 g/mol. The van der Waals surface area contributed by atoms with Gasteiger partial charge >= 0.3 is 0 Å². The summed E-state index contributed by atoms with van der Waals surface area (Å²) >= 11 is 3.37. The van der Waals surface area contributed by atoms with E-state index in [0.29, 0.717) is 12.3 Å². The van der Waals surface area contributed by atoms with E-state index in [0.717, 1.165) is 5.75 Å². The highest BCUT2D eigenvalue weighted by molar-refractivity contribution is 7.99. The molecule has 2 nitrogen and oxygen atoms in total. The van der Waals surface area contributed by atoms with Crippen LogP contribution in [-0.4, -0.2) is 23.6 Å². The molecule has 1 aromatic carbocycles. The molecular weight excluding hydrogens is 286 g/mol. The quantitative estimate of drug-likeness (QED) is 0.805. The molecule has 0 saturated heterocycles. The van der Waals surface area contributed by atoms with Gasteiger partial charge in [-0.25, -0.2) is 0 Å². The molecule has 0 fully saturated rings. The number of thioether (sulfide) groups is 1. The van der Waals surface area contributed by atoms with Crippen molar-refractivity contribution >= 4 is 29.0 Å². The van der Waals surface area contributed by atoms with Gasteiger partial charge < -0.3 is 4.90 Å². The minimum Gasteiger partial charge on any atom is -0.340 e.